The van der Waals surface area contributed by atoms with Crippen molar-refractivity contribution in [3.8, 4) is 17.0 Å². The van der Waals surface area contributed by atoms with Crippen molar-refractivity contribution in [2.24, 2.45) is 0 Å². The first-order chi connectivity index (χ1) is 12.8. The Bertz CT molecular complexity index is 1040. The van der Waals surface area contributed by atoms with Crippen LogP contribution in [0.4, 0.5) is 5.82 Å². The third-order valence-electron chi connectivity index (χ3n) is 4.45. The Morgan fingerprint density at radius 3 is 2.58 bits per heavy atom. The molecule has 4 aromatic rings. The van der Waals surface area contributed by atoms with Gasteiger partial charge in [-0.05, 0) is 42.3 Å². The Morgan fingerprint density at radius 2 is 1.77 bits per heavy atom. The van der Waals surface area contributed by atoms with Crippen molar-refractivity contribution < 1.29 is 4.74 Å². The fourth-order valence-electron chi connectivity index (χ4n) is 3.13. The van der Waals surface area contributed by atoms with Gasteiger partial charge in [0.2, 0.25) is 0 Å². The van der Waals surface area contributed by atoms with Crippen molar-refractivity contribution >= 4 is 11.5 Å². The van der Waals surface area contributed by atoms with Gasteiger partial charge in [-0.3, -0.25) is 4.40 Å². The summed E-state index contributed by atoms with van der Waals surface area (Å²) in [5.41, 5.74) is 5.20. The standard InChI is InChI=1S/C22H21N3O/c1-16-12-13-25-20(14-16)24-21(18-10-6-7-11-19(18)26-2)22(25)23-15-17-8-4-3-5-9-17/h3-14,23H,15H2,1-2H3. The van der Waals surface area contributed by atoms with E-state index in [1.54, 1.807) is 7.11 Å². The van der Waals surface area contributed by atoms with E-state index in [-0.39, 0.29) is 0 Å². The summed E-state index contributed by atoms with van der Waals surface area (Å²) in [7, 11) is 1.69. The van der Waals surface area contributed by atoms with E-state index in [9.17, 15) is 0 Å². The topological polar surface area (TPSA) is 38.6 Å². The molecule has 0 atom stereocenters. The molecule has 2 heterocycles. The van der Waals surface area contributed by atoms with E-state index in [0.717, 1.165) is 35.0 Å². The van der Waals surface area contributed by atoms with E-state index in [4.69, 9.17) is 9.72 Å². The van der Waals surface area contributed by atoms with E-state index >= 15 is 0 Å². The van der Waals surface area contributed by atoms with Crippen molar-refractivity contribution in [3.05, 3.63) is 84.1 Å². The van der Waals surface area contributed by atoms with Gasteiger partial charge in [-0.15, -0.1) is 0 Å². The Morgan fingerprint density at radius 1 is 1.00 bits per heavy atom. The third kappa shape index (κ3) is 3.02. The lowest BCUT2D eigenvalue weighted by Gasteiger charge is -2.11. The second kappa shape index (κ2) is 6.92. The summed E-state index contributed by atoms with van der Waals surface area (Å²) in [6.45, 7) is 2.80. The summed E-state index contributed by atoms with van der Waals surface area (Å²) in [6.07, 6.45) is 2.06. The average Bonchev–Trinajstić information content (AvgIpc) is 3.04. The molecule has 0 fully saturated rings. The first kappa shape index (κ1) is 16.2. The van der Waals surface area contributed by atoms with Crippen LogP contribution in [0.5, 0.6) is 5.75 Å². The van der Waals surface area contributed by atoms with Gasteiger partial charge in [0, 0.05) is 18.3 Å². The fourth-order valence-corrected chi connectivity index (χ4v) is 3.13. The van der Waals surface area contributed by atoms with Gasteiger partial charge in [0.25, 0.3) is 0 Å². The second-order valence-corrected chi connectivity index (χ2v) is 6.28. The highest BCUT2D eigenvalue weighted by molar-refractivity contribution is 5.80. The Hall–Kier alpha value is -3.27. The number of ether oxygens (including phenoxy) is 1. The van der Waals surface area contributed by atoms with E-state index in [0.29, 0.717) is 0 Å². The highest BCUT2D eigenvalue weighted by Gasteiger charge is 2.17. The first-order valence-electron chi connectivity index (χ1n) is 8.66. The zero-order valence-corrected chi connectivity index (χ0v) is 14.9. The predicted molar refractivity (Wildman–Crippen MR) is 106 cm³/mol. The minimum atomic E-state index is 0.727. The quantitative estimate of drug-likeness (QED) is 0.558. The van der Waals surface area contributed by atoms with Gasteiger partial charge >= 0.3 is 0 Å². The number of benzene rings is 2. The molecule has 0 bridgehead atoms. The summed E-state index contributed by atoms with van der Waals surface area (Å²) in [5.74, 6) is 1.78. The summed E-state index contributed by atoms with van der Waals surface area (Å²) in [5, 5.41) is 3.57. The van der Waals surface area contributed by atoms with E-state index in [2.05, 4.69) is 59.2 Å². The molecule has 0 unspecified atom stereocenters. The molecule has 0 aliphatic rings. The number of nitrogens with one attached hydrogen (secondary N) is 1. The molecule has 130 valence electrons. The lowest BCUT2D eigenvalue weighted by molar-refractivity contribution is 0.416. The predicted octanol–water partition coefficient (Wildman–Crippen LogP) is 4.93. The molecule has 0 amide bonds. The van der Waals surface area contributed by atoms with Crippen LogP contribution in [0.25, 0.3) is 16.9 Å². The smallest absolute Gasteiger partial charge is 0.139 e. The monoisotopic (exact) mass is 343 g/mol. The number of aromatic nitrogens is 2. The molecule has 0 radical (unpaired) electrons. The molecule has 0 saturated heterocycles. The summed E-state index contributed by atoms with van der Waals surface area (Å²) < 4.78 is 7.66. The van der Waals surface area contributed by atoms with Crippen molar-refractivity contribution in [1.29, 1.82) is 0 Å². The maximum absolute atomic E-state index is 5.56. The van der Waals surface area contributed by atoms with Crippen LogP contribution in [0.15, 0.2) is 72.9 Å². The van der Waals surface area contributed by atoms with Crippen LogP contribution >= 0.6 is 0 Å². The van der Waals surface area contributed by atoms with Gasteiger partial charge < -0.3 is 10.1 Å². The van der Waals surface area contributed by atoms with Gasteiger partial charge in [-0.1, -0.05) is 42.5 Å². The molecular formula is C22H21N3O. The van der Waals surface area contributed by atoms with Crippen LogP contribution in [0.2, 0.25) is 0 Å². The molecule has 1 N–H and O–H groups in total. The lowest BCUT2D eigenvalue weighted by atomic mass is 10.1. The number of imidazole rings is 1. The van der Waals surface area contributed by atoms with E-state index in [1.165, 1.54) is 11.1 Å². The van der Waals surface area contributed by atoms with Crippen molar-refractivity contribution in [2.75, 3.05) is 12.4 Å². The number of methoxy groups -OCH3 is 1. The Labute approximate surface area is 153 Å². The molecule has 0 aliphatic heterocycles. The van der Waals surface area contributed by atoms with Gasteiger partial charge in [-0.2, -0.15) is 0 Å². The van der Waals surface area contributed by atoms with Gasteiger partial charge in [0.1, 0.15) is 22.9 Å². The van der Waals surface area contributed by atoms with Crippen LogP contribution in [0, 0.1) is 6.92 Å². The summed E-state index contributed by atoms with van der Waals surface area (Å²) in [4.78, 5) is 4.89. The normalized spacial score (nSPS) is 10.8. The minimum Gasteiger partial charge on any atom is -0.496 e. The zero-order valence-electron chi connectivity index (χ0n) is 14.9. The number of anilines is 1. The molecule has 2 aromatic carbocycles. The number of rotatable bonds is 5. The molecule has 4 rings (SSSR count). The minimum absolute atomic E-state index is 0.727. The van der Waals surface area contributed by atoms with Gasteiger partial charge in [0.15, 0.2) is 0 Å². The molecule has 4 nitrogen and oxygen atoms in total. The SMILES string of the molecule is COc1ccccc1-c1nc2cc(C)ccn2c1NCc1ccccc1. The number of hydrogen-bond acceptors (Lipinski definition) is 3. The van der Waals surface area contributed by atoms with E-state index < -0.39 is 0 Å². The number of fused-ring (bicyclic) bond motifs is 1. The summed E-state index contributed by atoms with van der Waals surface area (Å²) in [6, 6.07) is 22.5. The molecule has 0 aliphatic carbocycles. The van der Waals surface area contributed by atoms with Crippen LogP contribution in [0.1, 0.15) is 11.1 Å². The van der Waals surface area contributed by atoms with Crippen LogP contribution in [-0.4, -0.2) is 16.5 Å². The van der Waals surface area contributed by atoms with Crippen LogP contribution in [-0.2, 0) is 6.54 Å². The zero-order chi connectivity index (χ0) is 17.9. The third-order valence-corrected chi connectivity index (χ3v) is 4.45. The number of para-hydroxylation sites is 1. The molecular weight excluding hydrogens is 322 g/mol. The number of pyridine rings is 1. The highest BCUT2D eigenvalue weighted by atomic mass is 16.5. The van der Waals surface area contributed by atoms with Crippen molar-refractivity contribution in [3.63, 3.8) is 0 Å². The van der Waals surface area contributed by atoms with Gasteiger partial charge in [0.05, 0.1) is 7.11 Å². The average molecular weight is 343 g/mol. The molecule has 0 saturated carbocycles. The van der Waals surface area contributed by atoms with Crippen molar-refractivity contribution in [1.82, 2.24) is 9.38 Å². The molecule has 0 spiro atoms. The highest BCUT2D eigenvalue weighted by Crippen LogP contribution is 2.35. The van der Waals surface area contributed by atoms with Crippen LogP contribution in [0.3, 0.4) is 0 Å². The molecule has 4 heteroatoms. The van der Waals surface area contributed by atoms with Gasteiger partial charge in [-0.25, -0.2) is 4.98 Å². The Kier molecular flexibility index (Phi) is 4.32. The lowest BCUT2D eigenvalue weighted by Crippen LogP contribution is -2.03. The number of aryl methyl sites for hydroxylation is 1. The number of hydrogen-bond donors (Lipinski definition) is 1. The Balaban J connectivity index is 1.83. The molecule has 26 heavy (non-hydrogen) atoms. The number of nitrogens with zero attached hydrogens (tertiary/aromatic N) is 2. The maximum atomic E-state index is 5.56. The maximum Gasteiger partial charge on any atom is 0.139 e. The first-order valence-corrected chi connectivity index (χ1v) is 8.66. The van der Waals surface area contributed by atoms with Crippen LogP contribution < -0.4 is 10.1 Å². The summed E-state index contributed by atoms with van der Waals surface area (Å²) >= 11 is 0. The molecule has 2 aromatic heterocycles. The van der Waals surface area contributed by atoms with Crippen molar-refractivity contribution in [2.45, 2.75) is 13.5 Å². The largest absolute Gasteiger partial charge is 0.496 e. The fraction of sp³-hybridized carbons (Fsp3) is 0.136. The van der Waals surface area contributed by atoms with E-state index in [1.807, 2.05) is 30.3 Å². The second-order valence-electron chi connectivity index (χ2n) is 6.28.